The van der Waals surface area contributed by atoms with E-state index in [9.17, 15) is 14.4 Å². The quantitative estimate of drug-likeness (QED) is 0.712. The van der Waals surface area contributed by atoms with Crippen LogP contribution in [0.15, 0.2) is 24.3 Å². The van der Waals surface area contributed by atoms with E-state index in [2.05, 4.69) is 10.6 Å². The lowest BCUT2D eigenvalue weighted by Gasteiger charge is -2.23. The number of nitrogens with one attached hydrogen (secondary N) is 2. The Morgan fingerprint density at radius 1 is 1.17 bits per heavy atom. The van der Waals surface area contributed by atoms with Crippen molar-refractivity contribution in [1.29, 1.82) is 0 Å². The molecule has 0 saturated heterocycles. The predicted molar refractivity (Wildman–Crippen MR) is 92.1 cm³/mol. The number of urea groups is 1. The fourth-order valence-corrected chi connectivity index (χ4v) is 2.17. The molecule has 1 aromatic rings. The van der Waals surface area contributed by atoms with E-state index in [4.69, 9.17) is 5.11 Å². The first-order valence-electron chi connectivity index (χ1n) is 7.87. The van der Waals surface area contributed by atoms with Gasteiger partial charge in [0.05, 0.1) is 0 Å². The SMILES string of the molecule is CC(C)CN(CC(=O)O)C(=O)c1cccc(NC(=O)NC(C)C)c1. The summed E-state index contributed by atoms with van der Waals surface area (Å²) in [5.74, 6) is -1.29. The van der Waals surface area contributed by atoms with Gasteiger partial charge in [0, 0.05) is 23.8 Å². The normalized spacial score (nSPS) is 10.6. The lowest BCUT2D eigenvalue weighted by Crippen LogP contribution is -2.38. The van der Waals surface area contributed by atoms with Gasteiger partial charge in [0.2, 0.25) is 0 Å². The summed E-state index contributed by atoms with van der Waals surface area (Å²) in [5.41, 5.74) is 0.804. The summed E-state index contributed by atoms with van der Waals surface area (Å²) in [7, 11) is 0. The molecule has 0 aliphatic heterocycles. The Labute approximate surface area is 142 Å². The molecular weight excluding hydrogens is 310 g/mol. The summed E-state index contributed by atoms with van der Waals surface area (Å²) in [6, 6.07) is 6.08. The number of carbonyl (C=O) groups is 3. The van der Waals surface area contributed by atoms with Gasteiger partial charge in [0.1, 0.15) is 6.54 Å². The zero-order chi connectivity index (χ0) is 18.3. The van der Waals surface area contributed by atoms with Gasteiger partial charge in [-0.05, 0) is 38.0 Å². The van der Waals surface area contributed by atoms with Crippen molar-refractivity contribution in [3.8, 4) is 0 Å². The van der Waals surface area contributed by atoms with Crippen LogP contribution in [-0.2, 0) is 4.79 Å². The molecule has 0 atom stereocenters. The Morgan fingerprint density at radius 3 is 2.38 bits per heavy atom. The van der Waals surface area contributed by atoms with Crippen molar-refractivity contribution >= 4 is 23.6 Å². The topological polar surface area (TPSA) is 98.7 Å². The molecule has 0 saturated carbocycles. The fraction of sp³-hybridized carbons (Fsp3) is 0.471. The number of aliphatic carboxylic acids is 1. The van der Waals surface area contributed by atoms with Gasteiger partial charge in [-0.25, -0.2) is 4.79 Å². The van der Waals surface area contributed by atoms with E-state index in [1.807, 2.05) is 27.7 Å². The average molecular weight is 335 g/mol. The Hall–Kier alpha value is -2.57. The van der Waals surface area contributed by atoms with Crippen molar-refractivity contribution in [2.45, 2.75) is 33.7 Å². The first-order chi connectivity index (χ1) is 11.2. The maximum Gasteiger partial charge on any atom is 0.323 e. The Kier molecular flexibility index (Phi) is 7.23. The smallest absolute Gasteiger partial charge is 0.323 e. The minimum Gasteiger partial charge on any atom is -0.480 e. The molecule has 0 fully saturated rings. The monoisotopic (exact) mass is 335 g/mol. The molecule has 0 spiro atoms. The van der Waals surface area contributed by atoms with E-state index in [1.165, 1.54) is 11.0 Å². The largest absolute Gasteiger partial charge is 0.480 e. The highest BCUT2D eigenvalue weighted by molar-refractivity contribution is 5.98. The minimum absolute atomic E-state index is 0.00749. The van der Waals surface area contributed by atoms with Gasteiger partial charge in [-0.15, -0.1) is 0 Å². The summed E-state index contributed by atoms with van der Waals surface area (Å²) in [6.45, 7) is 7.50. The van der Waals surface area contributed by atoms with Crippen molar-refractivity contribution in [2.75, 3.05) is 18.4 Å². The average Bonchev–Trinajstić information content (AvgIpc) is 2.44. The van der Waals surface area contributed by atoms with Crippen molar-refractivity contribution in [3.05, 3.63) is 29.8 Å². The van der Waals surface area contributed by atoms with Gasteiger partial charge < -0.3 is 20.6 Å². The molecule has 0 aromatic heterocycles. The van der Waals surface area contributed by atoms with Crippen molar-refractivity contribution in [2.24, 2.45) is 5.92 Å². The van der Waals surface area contributed by atoms with Crippen LogP contribution >= 0.6 is 0 Å². The zero-order valence-electron chi connectivity index (χ0n) is 14.5. The minimum atomic E-state index is -1.06. The number of carboxylic acids is 1. The van der Waals surface area contributed by atoms with Crippen LogP contribution in [0.3, 0.4) is 0 Å². The number of carboxylic acid groups (broad SMARTS) is 1. The predicted octanol–water partition coefficient (Wildman–Crippen LogP) is 2.40. The van der Waals surface area contributed by atoms with E-state index in [1.54, 1.807) is 18.2 Å². The maximum absolute atomic E-state index is 12.6. The number of hydrogen-bond donors (Lipinski definition) is 3. The number of rotatable bonds is 7. The fourth-order valence-electron chi connectivity index (χ4n) is 2.17. The molecule has 0 bridgehead atoms. The third-order valence-corrected chi connectivity index (χ3v) is 2.99. The second-order valence-corrected chi connectivity index (χ2v) is 6.31. The van der Waals surface area contributed by atoms with Crippen LogP contribution in [0.5, 0.6) is 0 Å². The van der Waals surface area contributed by atoms with E-state index in [0.717, 1.165) is 0 Å². The van der Waals surface area contributed by atoms with Crippen molar-refractivity contribution in [3.63, 3.8) is 0 Å². The number of carbonyl (C=O) groups excluding carboxylic acids is 2. The van der Waals surface area contributed by atoms with Crippen molar-refractivity contribution in [1.82, 2.24) is 10.2 Å². The van der Waals surface area contributed by atoms with Crippen LogP contribution < -0.4 is 10.6 Å². The van der Waals surface area contributed by atoms with Crippen LogP contribution in [0.25, 0.3) is 0 Å². The molecule has 0 aliphatic carbocycles. The summed E-state index contributed by atoms with van der Waals surface area (Å²) in [6.07, 6.45) is 0. The van der Waals surface area contributed by atoms with Gasteiger partial charge in [0.15, 0.2) is 0 Å². The molecule has 3 N–H and O–H groups in total. The summed E-state index contributed by atoms with van der Waals surface area (Å²) in [4.78, 5) is 36.6. The summed E-state index contributed by atoms with van der Waals surface area (Å²) >= 11 is 0. The molecule has 0 radical (unpaired) electrons. The highest BCUT2D eigenvalue weighted by Crippen LogP contribution is 2.14. The number of hydrogen-bond acceptors (Lipinski definition) is 3. The molecule has 1 aromatic carbocycles. The lowest BCUT2D eigenvalue weighted by atomic mass is 10.1. The highest BCUT2D eigenvalue weighted by Gasteiger charge is 2.20. The van der Waals surface area contributed by atoms with Crippen LogP contribution in [-0.4, -0.2) is 47.0 Å². The van der Waals surface area contributed by atoms with Gasteiger partial charge >= 0.3 is 12.0 Å². The van der Waals surface area contributed by atoms with E-state index < -0.39 is 5.97 Å². The maximum atomic E-state index is 12.6. The third-order valence-electron chi connectivity index (χ3n) is 2.99. The third kappa shape index (κ3) is 6.68. The number of nitrogens with zero attached hydrogens (tertiary/aromatic N) is 1. The van der Waals surface area contributed by atoms with Crippen LogP contribution in [0.4, 0.5) is 10.5 Å². The zero-order valence-corrected chi connectivity index (χ0v) is 14.5. The molecular formula is C17H25N3O4. The number of benzene rings is 1. The molecule has 24 heavy (non-hydrogen) atoms. The molecule has 132 valence electrons. The Bertz CT molecular complexity index is 599. The molecule has 0 aliphatic rings. The molecule has 0 heterocycles. The molecule has 7 nitrogen and oxygen atoms in total. The second kappa shape index (κ2) is 8.90. The van der Waals surface area contributed by atoms with E-state index in [0.29, 0.717) is 17.8 Å². The van der Waals surface area contributed by atoms with Gasteiger partial charge in [-0.3, -0.25) is 9.59 Å². The van der Waals surface area contributed by atoms with Gasteiger partial charge in [-0.2, -0.15) is 0 Å². The Balaban J connectivity index is 2.91. The lowest BCUT2D eigenvalue weighted by molar-refractivity contribution is -0.137. The molecule has 0 unspecified atom stereocenters. The van der Waals surface area contributed by atoms with Crippen LogP contribution in [0.2, 0.25) is 0 Å². The van der Waals surface area contributed by atoms with E-state index in [-0.39, 0.29) is 30.4 Å². The molecule has 7 heteroatoms. The van der Waals surface area contributed by atoms with Crippen LogP contribution in [0, 0.1) is 5.92 Å². The van der Waals surface area contributed by atoms with E-state index >= 15 is 0 Å². The molecule has 3 amide bonds. The first-order valence-corrected chi connectivity index (χ1v) is 7.87. The second-order valence-electron chi connectivity index (χ2n) is 6.31. The number of amides is 3. The highest BCUT2D eigenvalue weighted by atomic mass is 16.4. The standard InChI is InChI=1S/C17H25N3O4/c1-11(2)9-20(10-15(21)22)16(23)13-6-5-7-14(8-13)19-17(24)18-12(3)4/h5-8,11-12H,9-10H2,1-4H3,(H,21,22)(H2,18,19,24). The molecule has 1 rings (SSSR count). The summed E-state index contributed by atoms with van der Waals surface area (Å²) < 4.78 is 0. The summed E-state index contributed by atoms with van der Waals surface area (Å²) in [5, 5.41) is 14.3. The van der Waals surface area contributed by atoms with Crippen LogP contribution in [0.1, 0.15) is 38.1 Å². The van der Waals surface area contributed by atoms with Gasteiger partial charge in [0.25, 0.3) is 5.91 Å². The van der Waals surface area contributed by atoms with Gasteiger partial charge in [-0.1, -0.05) is 19.9 Å². The Morgan fingerprint density at radius 2 is 1.83 bits per heavy atom. The number of anilines is 1. The first kappa shape index (κ1) is 19.5. The van der Waals surface area contributed by atoms with Crippen molar-refractivity contribution < 1.29 is 19.5 Å².